The van der Waals surface area contributed by atoms with Crippen molar-refractivity contribution in [3.63, 3.8) is 0 Å². The first-order chi connectivity index (χ1) is 21.4. The number of hydrogen-bond donors (Lipinski definition) is 0. The largest absolute Gasteiger partial charge is 0.497 e. The van der Waals surface area contributed by atoms with Crippen LogP contribution in [0.15, 0.2) is 132 Å². The first-order valence-corrected chi connectivity index (χ1v) is 15.1. The number of hydrogen-bond acceptors (Lipinski definition) is 7. The number of carbonyl (C=O) groups excluding carboxylic acids is 2. The van der Waals surface area contributed by atoms with Crippen LogP contribution in [0.4, 0.5) is 5.69 Å². The Morgan fingerprint density at radius 1 is 0.727 bits per heavy atom. The maximum absolute atomic E-state index is 14.6. The van der Waals surface area contributed by atoms with Gasteiger partial charge in [-0.15, -0.1) is 0 Å². The molecule has 9 heteroatoms. The number of sulfonamides is 1. The highest BCUT2D eigenvalue weighted by atomic mass is 32.2. The molecule has 1 heterocycles. The Morgan fingerprint density at radius 3 is 1.98 bits per heavy atom. The predicted molar refractivity (Wildman–Crippen MR) is 168 cm³/mol. The molecule has 1 aromatic heterocycles. The molecule has 0 aliphatic rings. The second-order valence-corrected chi connectivity index (χ2v) is 11.7. The van der Waals surface area contributed by atoms with Crippen molar-refractivity contribution in [1.82, 2.24) is 4.98 Å². The molecule has 0 atom stereocenters. The van der Waals surface area contributed by atoms with Crippen molar-refractivity contribution < 1.29 is 27.5 Å². The highest BCUT2D eigenvalue weighted by Gasteiger charge is 2.34. The highest BCUT2D eigenvalue weighted by molar-refractivity contribution is 7.93. The smallest absolute Gasteiger partial charge is 0.338 e. The minimum Gasteiger partial charge on any atom is -0.497 e. The van der Waals surface area contributed by atoms with Gasteiger partial charge in [-0.05, 0) is 60.2 Å². The van der Waals surface area contributed by atoms with Gasteiger partial charge in [0, 0.05) is 10.8 Å². The molecule has 0 aliphatic carbocycles. The maximum Gasteiger partial charge on any atom is 0.338 e. The van der Waals surface area contributed by atoms with E-state index in [-0.39, 0.29) is 28.3 Å². The van der Waals surface area contributed by atoms with Gasteiger partial charge in [0.05, 0.1) is 39.9 Å². The van der Waals surface area contributed by atoms with Gasteiger partial charge in [0.15, 0.2) is 0 Å². The summed E-state index contributed by atoms with van der Waals surface area (Å²) < 4.78 is 40.3. The van der Waals surface area contributed by atoms with E-state index in [0.717, 1.165) is 9.87 Å². The second kappa shape index (κ2) is 12.0. The van der Waals surface area contributed by atoms with E-state index in [2.05, 4.69) is 4.98 Å². The monoisotopic (exact) mass is 602 g/mol. The summed E-state index contributed by atoms with van der Waals surface area (Å²) in [5, 5.41) is 1.01. The van der Waals surface area contributed by atoms with Gasteiger partial charge in [0.2, 0.25) is 0 Å². The molecule has 0 saturated carbocycles. The Labute approximate surface area is 254 Å². The topological polar surface area (TPSA) is 103 Å². The number of ether oxygens (including phenoxy) is 2. The summed E-state index contributed by atoms with van der Waals surface area (Å²) >= 11 is 0. The fraction of sp³-hybridized carbons (Fsp3) is 0.0571. The van der Waals surface area contributed by atoms with E-state index in [1.807, 2.05) is 30.3 Å². The third-order valence-corrected chi connectivity index (χ3v) is 8.82. The molecule has 0 radical (unpaired) electrons. The van der Waals surface area contributed by atoms with Crippen LogP contribution in [0.2, 0.25) is 0 Å². The van der Waals surface area contributed by atoms with Crippen molar-refractivity contribution in [2.75, 3.05) is 11.4 Å². The van der Waals surface area contributed by atoms with E-state index in [1.54, 1.807) is 60.7 Å². The fourth-order valence-corrected chi connectivity index (χ4v) is 6.40. The molecule has 0 spiro atoms. The van der Waals surface area contributed by atoms with Crippen LogP contribution in [0.3, 0.4) is 0 Å². The van der Waals surface area contributed by atoms with Crippen LogP contribution in [0.25, 0.3) is 21.8 Å². The molecule has 0 N–H and O–H groups in total. The zero-order valence-corrected chi connectivity index (χ0v) is 24.4. The lowest BCUT2D eigenvalue weighted by molar-refractivity contribution is 0.0472. The summed E-state index contributed by atoms with van der Waals surface area (Å²) in [5.74, 6) is -0.983. The normalized spacial score (nSPS) is 11.3. The highest BCUT2D eigenvalue weighted by Crippen LogP contribution is 2.33. The van der Waals surface area contributed by atoms with Crippen molar-refractivity contribution >= 4 is 49.4 Å². The molecular formula is C35H26N2O6S. The van der Waals surface area contributed by atoms with E-state index >= 15 is 0 Å². The number of amides is 1. The molecule has 0 bridgehead atoms. The minimum atomic E-state index is -4.57. The van der Waals surface area contributed by atoms with E-state index < -0.39 is 21.9 Å². The summed E-state index contributed by atoms with van der Waals surface area (Å²) in [6, 6.07) is 34.9. The Balaban J connectivity index is 1.46. The van der Waals surface area contributed by atoms with Crippen LogP contribution in [0.1, 0.15) is 26.3 Å². The predicted octanol–water partition coefficient (Wildman–Crippen LogP) is 6.79. The Hall–Kier alpha value is -5.54. The summed E-state index contributed by atoms with van der Waals surface area (Å²) in [7, 11) is -3.07. The second-order valence-electron chi connectivity index (χ2n) is 9.88. The van der Waals surface area contributed by atoms with Crippen molar-refractivity contribution in [3.8, 4) is 5.75 Å². The lowest BCUT2D eigenvalue weighted by Gasteiger charge is -2.24. The molecule has 8 nitrogen and oxygen atoms in total. The standard InChI is InChI=1S/C35H26N2O6S/c1-42-27-20-18-26(19-21-27)37(34(38)33-29-14-5-7-16-31(29)36-32-17-8-6-15-30(32)33)44(40,41)28-13-9-12-25(22-28)35(39)43-23-24-10-3-2-4-11-24/h2-22H,23H2,1H3. The number of rotatable bonds is 8. The number of aromatic nitrogens is 1. The number of benzene rings is 5. The minimum absolute atomic E-state index is 0.0231. The molecule has 6 rings (SSSR count). The van der Waals surface area contributed by atoms with Gasteiger partial charge in [-0.2, -0.15) is 4.31 Å². The van der Waals surface area contributed by atoms with E-state index in [1.165, 1.54) is 43.5 Å². The number of anilines is 1. The van der Waals surface area contributed by atoms with E-state index in [4.69, 9.17) is 9.47 Å². The van der Waals surface area contributed by atoms with Crippen LogP contribution >= 0.6 is 0 Å². The van der Waals surface area contributed by atoms with Gasteiger partial charge in [-0.25, -0.2) is 18.2 Å². The average Bonchev–Trinajstić information content (AvgIpc) is 3.06. The van der Waals surface area contributed by atoms with E-state index in [9.17, 15) is 18.0 Å². The summed E-state index contributed by atoms with van der Waals surface area (Å²) in [6.07, 6.45) is 0. The molecule has 5 aromatic carbocycles. The molecule has 0 fully saturated rings. The average molecular weight is 603 g/mol. The van der Waals surface area contributed by atoms with Crippen LogP contribution in [-0.4, -0.2) is 32.4 Å². The maximum atomic E-state index is 14.6. The molecule has 0 saturated heterocycles. The fourth-order valence-electron chi connectivity index (χ4n) is 4.95. The lowest BCUT2D eigenvalue weighted by Crippen LogP contribution is -2.37. The number of para-hydroxylation sites is 2. The summed E-state index contributed by atoms with van der Waals surface area (Å²) in [4.78, 5) is 32.0. The third-order valence-electron chi connectivity index (χ3n) is 7.11. The third kappa shape index (κ3) is 5.48. The van der Waals surface area contributed by atoms with Gasteiger partial charge in [0.1, 0.15) is 12.4 Å². The molecule has 6 aromatic rings. The Kier molecular flexibility index (Phi) is 7.78. The van der Waals surface area contributed by atoms with Crippen LogP contribution in [0.5, 0.6) is 5.75 Å². The zero-order valence-electron chi connectivity index (χ0n) is 23.6. The molecule has 218 valence electrons. The Morgan fingerprint density at radius 2 is 1.34 bits per heavy atom. The number of methoxy groups -OCH3 is 1. The van der Waals surface area contributed by atoms with Crippen molar-refractivity contribution in [2.45, 2.75) is 11.5 Å². The zero-order chi connectivity index (χ0) is 30.7. The lowest BCUT2D eigenvalue weighted by atomic mass is 10.0. The molecule has 0 aliphatic heterocycles. The van der Waals surface area contributed by atoms with Gasteiger partial charge in [-0.3, -0.25) is 4.79 Å². The number of esters is 1. The number of pyridine rings is 1. The summed E-state index contributed by atoms with van der Waals surface area (Å²) in [5.41, 5.74) is 2.19. The molecule has 0 unspecified atom stereocenters. The van der Waals surface area contributed by atoms with Gasteiger partial charge < -0.3 is 9.47 Å². The van der Waals surface area contributed by atoms with Gasteiger partial charge in [0.25, 0.3) is 15.9 Å². The summed E-state index contributed by atoms with van der Waals surface area (Å²) in [6.45, 7) is 0.0231. The quantitative estimate of drug-likeness (QED) is 0.140. The van der Waals surface area contributed by atoms with Gasteiger partial charge >= 0.3 is 5.97 Å². The van der Waals surface area contributed by atoms with Crippen LogP contribution in [0, 0.1) is 0 Å². The molecule has 44 heavy (non-hydrogen) atoms. The number of nitrogens with zero attached hydrogens (tertiary/aromatic N) is 2. The Bertz CT molecular complexity index is 2060. The molecule has 1 amide bonds. The van der Waals surface area contributed by atoms with Gasteiger partial charge in [-0.1, -0.05) is 72.8 Å². The first-order valence-electron chi connectivity index (χ1n) is 13.7. The van der Waals surface area contributed by atoms with Crippen LogP contribution in [-0.2, 0) is 21.4 Å². The number of fused-ring (bicyclic) bond motifs is 2. The SMILES string of the molecule is COc1ccc(N(C(=O)c2c3ccccc3nc3ccccc23)S(=O)(=O)c2cccc(C(=O)OCc3ccccc3)c2)cc1. The van der Waals surface area contributed by atoms with Crippen molar-refractivity contribution in [3.05, 3.63) is 144 Å². The van der Waals surface area contributed by atoms with Crippen molar-refractivity contribution in [2.24, 2.45) is 0 Å². The molecular weight excluding hydrogens is 576 g/mol. The van der Waals surface area contributed by atoms with E-state index in [0.29, 0.717) is 27.6 Å². The first kappa shape index (κ1) is 28.6. The van der Waals surface area contributed by atoms with Crippen LogP contribution < -0.4 is 9.04 Å². The van der Waals surface area contributed by atoms with Crippen molar-refractivity contribution in [1.29, 1.82) is 0 Å². The number of carbonyl (C=O) groups is 2.